The summed E-state index contributed by atoms with van der Waals surface area (Å²) in [5.41, 5.74) is 2.52. The maximum absolute atomic E-state index is 5.16. The monoisotopic (exact) mass is 128 g/mol. The van der Waals surface area contributed by atoms with Crippen molar-refractivity contribution in [3.8, 4) is 0 Å². The minimum atomic E-state index is 0.376. The van der Waals surface area contributed by atoms with Crippen molar-refractivity contribution in [2.24, 2.45) is 10.8 Å². The van der Waals surface area contributed by atoms with Crippen molar-refractivity contribution in [1.82, 2.24) is 10.3 Å². The summed E-state index contributed by atoms with van der Waals surface area (Å²) >= 11 is 0. The zero-order valence-corrected chi connectivity index (χ0v) is 5.76. The average Bonchev–Trinajstić information content (AvgIpc) is 2.10. The fourth-order valence-electron chi connectivity index (χ4n) is 0.978. The van der Waals surface area contributed by atoms with Crippen LogP contribution in [0.2, 0.25) is 0 Å². The zero-order chi connectivity index (χ0) is 6.85. The molecule has 0 aromatic heterocycles. The third kappa shape index (κ3) is 1.13. The topological polar surface area (TPSA) is 53.6 Å². The molecule has 0 saturated carbocycles. The second-order valence-electron chi connectivity index (χ2n) is 2.33. The van der Waals surface area contributed by atoms with Crippen LogP contribution >= 0.6 is 0 Å². The lowest BCUT2D eigenvalue weighted by Crippen LogP contribution is -2.39. The van der Waals surface area contributed by atoms with E-state index >= 15 is 0 Å². The third-order valence-electron chi connectivity index (χ3n) is 1.37. The number of nitrogens with zero attached hydrogens (tertiary/aromatic N) is 2. The first kappa shape index (κ1) is 6.35. The highest BCUT2D eigenvalue weighted by Crippen LogP contribution is 2.02. The van der Waals surface area contributed by atoms with Crippen molar-refractivity contribution in [2.45, 2.75) is 13.0 Å². The highest BCUT2D eigenvalue weighted by molar-refractivity contribution is 5.80. The molecule has 3 N–H and O–H groups in total. The Morgan fingerprint density at radius 2 is 2.56 bits per heavy atom. The van der Waals surface area contributed by atoms with Gasteiger partial charge in [0.25, 0.3) is 0 Å². The minimum absolute atomic E-state index is 0.376. The summed E-state index contributed by atoms with van der Waals surface area (Å²) in [6, 6.07) is 0.376. The Kier molecular flexibility index (Phi) is 1.57. The standard InChI is InChI=1S/C5H12N4/c1-4-3-9(2)5(7-4)8-6/h4H,3,6H2,1-2H3,(H,7,8). The summed E-state index contributed by atoms with van der Waals surface area (Å²) in [4.78, 5) is 6.19. The van der Waals surface area contributed by atoms with E-state index in [1.54, 1.807) is 0 Å². The smallest absolute Gasteiger partial charge is 0.208 e. The second-order valence-corrected chi connectivity index (χ2v) is 2.33. The molecule has 4 heteroatoms. The van der Waals surface area contributed by atoms with Crippen LogP contribution in [0.3, 0.4) is 0 Å². The van der Waals surface area contributed by atoms with Gasteiger partial charge in [-0.1, -0.05) is 0 Å². The molecule has 1 heterocycles. The van der Waals surface area contributed by atoms with Crippen LogP contribution in [0.4, 0.5) is 0 Å². The van der Waals surface area contributed by atoms with E-state index in [4.69, 9.17) is 5.84 Å². The van der Waals surface area contributed by atoms with Gasteiger partial charge in [0.05, 0.1) is 6.04 Å². The van der Waals surface area contributed by atoms with Crippen molar-refractivity contribution in [2.75, 3.05) is 13.6 Å². The molecular weight excluding hydrogens is 116 g/mol. The van der Waals surface area contributed by atoms with Crippen molar-refractivity contribution in [1.29, 1.82) is 0 Å². The van der Waals surface area contributed by atoms with Gasteiger partial charge in [-0.3, -0.25) is 5.43 Å². The molecule has 0 aromatic rings. The third-order valence-corrected chi connectivity index (χ3v) is 1.37. The largest absolute Gasteiger partial charge is 0.343 e. The molecule has 0 bridgehead atoms. The van der Waals surface area contributed by atoms with Crippen LogP contribution in [0.25, 0.3) is 0 Å². The molecular formula is C5H12N4. The average molecular weight is 128 g/mol. The van der Waals surface area contributed by atoms with E-state index in [1.807, 2.05) is 11.9 Å². The molecule has 0 aromatic carbocycles. The normalized spacial score (nSPS) is 26.3. The van der Waals surface area contributed by atoms with Gasteiger partial charge in [0.2, 0.25) is 5.96 Å². The van der Waals surface area contributed by atoms with Gasteiger partial charge < -0.3 is 4.90 Å². The molecule has 1 aliphatic heterocycles. The van der Waals surface area contributed by atoms with Gasteiger partial charge in [-0.25, -0.2) is 10.8 Å². The maximum atomic E-state index is 5.16. The number of hydrogen-bond donors (Lipinski definition) is 2. The Balaban J connectivity index is 2.57. The Morgan fingerprint density at radius 3 is 2.78 bits per heavy atom. The van der Waals surface area contributed by atoms with Gasteiger partial charge in [-0.05, 0) is 6.92 Å². The van der Waals surface area contributed by atoms with E-state index in [0.717, 1.165) is 12.5 Å². The van der Waals surface area contributed by atoms with Gasteiger partial charge in [0.1, 0.15) is 0 Å². The Labute approximate surface area is 54.7 Å². The van der Waals surface area contributed by atoms with Crippen molar-refractivity contribution < 1.29 is 0 Å². The molecule has 0 radical (unpaired) electrons. The number of hydrazine groups is 1. The summed E-state index contributed by atoms with van der Waals surface area (Å²) in [5, 5.41) is 0. The highest BCUT2D eigenvalue weighted by atomic mass is 15.4. The van der Waals surface area contributed by atoms with Gasteiger partial charge >= 0.3 is 0 Å². The summed E-state index contributed by atoms with van der Waals surface area (Å²) in [6.07, 6.45) is 0. The summed E-state index contributed by atoms with van der Waals surface area (Å²) in [5.74, 6) is 5.94. The minimum Gasteiger partial charge on any atom is -0.343 e. The summed E-state index contributed by atoms with van der Waals surface area (Å²) < 4.78 is 0. The SMILES string of the molecule is CC1CN(C)C(NN)=N1. The molecule has 1 atom stereocenters. The lowest BCUT2D eigenvalue weighted by molar-refractivity contribution is 0.500. The number of aliphatic imine (C=N–C) groups is 1. The molecule has 1 rings (SSSR count). The first-order valence-electron chi connectivity index (χ1n) is 2.99. The summed E-state index contributed by atoms with van der Waals surface area (Å²) in [6.45, 7) is 3.01. The van der Waals surface area contributed by atoms with Gasteiger partial charge in [0.15, 0.2) is 0 Å². The lowest BCUT2D eigenvalue weighted by atomic mass is 10.4. The zero-order valence-electron chi connectivity index (χ0n) is 5.76. The lowest BCUT2D eigenvalue weighted by Gasteiger charge is -2.11. The van der Waals surface area contributed by atoms with Gasteiger partial charge in [0, 0.05) is 13.6 Å². The number of guanidine groups is 1. The molecule has 52 valence electrons. The van der Waals surface area contributed by atoms with Crippen LogP contribution in [-0.4, -0.2) is 30.5 Å². The highest BCUT2D eigenvalue weighted by Gasteiger charge is 2.16. The molecule has 9 heavy (non-hydrogen) atoms. The van der Waals surface area contributed by atoms with E-state index < -0.39 is 0 Å². The van der Waals surface area contributed by atoms with Gasteiger partial charge in [-0.2, -0.15) is 0 Å². The quantitative estimate of drug-likeness (QED) is 0.330. The Morgan fingerprint density at radius 1 is 1.89 bits per heavy atom. The fraction of sp³-hybridized carbons (Fsp3) is 0.800. The summed E-state index contributed by atoms with van der Waals surface area (Å²) in [7, 11) is 1.96. The molecule has 1 aliphatic rings. The van der Waals surface area contributed by atoms with E-state index in [-0.39, 0.29) is 0 Å². The van der Waals surface area contributed by atoms with Crippen LogP contribution in [-0.2, 0) is 0 Å². The van der Waals surface area contributed by atoms with Crippen LogP contribution in [0.15, 0.2) is 4.99 Å². The molecule has 0 saturated heterocycles. The van der Waals surface area contributed by atoms with E-state index in [2.05, 4.69) is 17.3 Å². The number of likely N-dealkylation sites (N-methyl/N-ethyl adjacent to an activating group) is 1. The Hall–Kier alpha value is -0.770. The van der Waals surface area contributed by atoms with E-state index in [9.17, 15) is 0 Å². The van der Waals surface area contributed by atoms with Crippen molar-refractivity contribution >= 4 is 5.96 Å². The number of rotatable bonds is 0. The number of hydrogen-bond acceptors (Lipinski definition) is 4. The second kappa shape index (κ2) is 2.23. The van der Waals surface area contributed by atoms with Crippen LogP contribution in [0, 0.1) is 0 Å². The van der Waals surface area contributed by atoms with Crippen LogP contribution in [0.1, 0.15) is 6.92 Å². The molecule has 0 fully saturated rings. The first-order valence-corrected chi connectivity index (χ1v) is 2.99. The molecule has 4 nitrogen and oxygen atoms in total. The first-order chi connectivity index (χ1) is 4.24. The molecule has 0 aliphatic carbocycles. The number of nitrogens with one attached hydrogen (secondary N) is 1. The van der Waals surface area contributed by atoms with Crippen LogP contribution < -0.4 is 11.3 Å². The van der Waals surface area contributed by atoms with Gasteiger partial charge in [-0.15, -0.1) is 0 Å². The number of nitrogens with two attached hydrogens (primary N) is 1. The van der Waals surface area contributed by atoms with Crippen LogP contribution in [0.5, 0.6) is 0 Å². The molecule has 1 unspecified atom stereocenters. The Bertz CT molecular complexity index is 131. The molecule has 0 amide bonds. The predicted molar refractivity (Wildman–Crippen MR) is 36.9 cm³/mol. The van der Waals surface area contributed by atoms with Crippen molar-refractivity contribution in [3.05, 3.63) is 0 Å². The van der Waals surface area contributed by atoms with E-state index in [1.165, 1.54) is 0 Å². The van der Waals surface area contributed by atoms with E-state index in [0.29, 0.717) is 6.04 Å². The predicted octanol–water partition coefficient (Wildman–Crippen LogP) is -0.860. The van der Waals surface area contributed by atoms with Crippen molar-refractivity contribution in [3.63, 3.8) is 0 Å². The molecule has 0 spiro atoms. The maximum Gasteiger partial charge on any atom is 0.208 e. The fourth-order valence-corrected chi connectivity index (χ4v) is 0.978.